The summed E-state index contributed by atoms with van der Waals surface area (Å²) in [7, 11) is -3.16. The highest BCUT2D eigenvalue weighted by molar-refractivity contribution is 7.88. The number of hydrogen-bond donors (Lipinski definition) is 1. The molecule has 0 spiro atoms. The first-order valence-corrected chi connectivity index (χ1v) is 11.0. The SMILES string of the molecule is CS(=O)(=O)N1CCC(C(=O)NC2(c3cccs3)CCOCC2)CC1. The van der Waals surface area contributed by atoms with E-state index in [1.54, 1.807) is 11.3 Å². The minimum atomic E-state index is -3.16. The van der Waals surface area contributed by atoms with Crippen molar-refractivity contribution in [1.82, 2.24) is 9.62 Å². The Bertz CT molecular complexity index is 658. The number of carbonyl (C=O) groups is 1. The summed E-state index contributed by atoms with van der Waals surface area (Å²) in [6, 6.07) is 4.08. The molecule has 2 aliphatic rings. The van der Waals surface area contributed by atoms with E-state index in [-0.39, 0.29) is 17.4 Å². The fourth-order valence-corrected chi connectivity index (χ4v) is 5.31. The van der Waals surface area contributed by atoms with Crippen LogP contribution in [-0.2, 0) is 25.1 Å². The minimum Gasteiger partial charge on any atom is -0.381 e. The standard InChI is InChI=1S/C16H24N2O4S2/c1-24(20,21)18-8-4-13(5-9-18)15(19)17-16(6-10-22-11-7-16)14-3-2-12-23-14/h2-3,12-13H,4-11H2,1H3,(H,17,19). The summed E-state index contributed by atoms with van der Waals surface area (Å²) in [6.07, 6.45) is 3.94. The number of rotatable bonds is 4. The third kappa shape index (κ3) is 3.82. The van der Waals surface area contributed by atoms with Gasteiger partial charge in [0.1, 0.15) is 0 Å². The fraction of sp³-hybridized carbons (Fsp3) is 0.688. The van der Waals surface area contributed by atoms with Crippen molar-refractivity contribution >= 4 is 27.3 Å². The predicted molar refractivity (Wildman–Crippen MR) is 93.3 cm³/mol. The lowest BCUT2D eigenvalue weighted by Crippen LogP contribution is -2.52. The number of carbonyl (C=O) groups excluding carboxylic acids is 1. The maximum Gasteiger partial charge on any atom is 0.223 e. The molecule has 1 aromatic heterocycles. The summed E-state index contributed by atoms with van der Waals surface area (Å²) in [5.74, 6) is -0.0823. The molecular weight excluding hydrogens is 348 g/mol. The van der Waals surface area contributed by atoms with E-state index in [4.69, 9.17) is 4.74 Å². The van der Waals surface area contributed by atoms with Crippen molar-refractivity contribution in [2.75, 3.05) is 32.6 Å². The largest absolute Gasteiger partial charge is 0.381 e. The van der Waals surface area contributed by atoms with Crippen LogP contribution < -0.4 is 5.32 Å². The van der Waals surface area contributed by atoms with E-state index < -0.39 is 10.0 Å². The molecule has 8 heteroatoms. The van der Waals surface area contributed by atoms with Crippen molar-refractivity contribution in [2.24, 2.45) is 5.92 Å². The van der Waals surface area contributed by atoms with Crippen LogP contribution in [0.15, 0.2) is 17.5 Å². The van der Waals surface area contributed by atoms with Gasteiger partial charge in [-0.05, 0) is 37.1 Å². The maximum absolute atomic E-state index is 12.8. The van der Waals surface area contributed by atoms with Gasteiger partial charge in [-0.3, -0.25) is 4.79 Å². The van der Waals surface area contributed by atoms with Gasteiger partial charge in [0.15, 0.2) is 0 Å². The molecular formula is C16H24N2O4S2. The third-order valence-electron chi connectivity index (χ3n) is 5.00. The highest BCUT2D eigenvalue weighted by Crippen LogP contribution is 2.35. The molecule has 6 nitrogen and oxygen atoms in total. The van der Waals surface area contributed by atoms with E-state index in [9.17, 15) is 13.2 Å². The van der Waals surface area contributed by atoms with Crippen LogP contribution in [0.25, 0.3) is 0 Å². The van der Waals surface area contributed by atoms with Crippen molar-refractivity contribution < 1.29 is 17.9 Å². The molecule has 0 bridgehead atoms. The molecule has 3 heterocycles. The number of sulfonamides is 1. The molecule has 0 unspecified atom stereocenters. The van der Waals surface area contributed by atoms with Crippen molar-refractivity contribution in [3.8, 4) is 0 Å². The third-order valence-corrected chi connectivity index (χ3v) is 7.37. The second kappa shape index (κ2) is 7.11. The first-order chi connectivity index (χ1) is 11.4. The van der Waals surface area contributed by atoms with Crippen LogP contribution in [0, 0.1) is 5.92 Å². The Kier molecular flexibility index (Phi) is 5.29. The molecule has 2 fully saturated rings. The monoisotopic (exact) mass is 372 g/mol. The van der Waals surface area contributed by atoms with Gasteiger partial charge in [0.05, 0.1) is 11.8 Å². The Hall–Kier alpha value is -0.960. The molecule has 0 aromatic carbocycles. The highest BCUT2D eigenvalue weighted by Gasteiger charge is 2.39. The Balaban J connectivity index is 1.67. The lowest BCUT2D eigenvalue weighted by molar-refractivity contribution is -0.129. The summed E-state index contributed by atoms with van der Waals surface area (Å²) in [4.78, 5) is 14.0. The van der Waals surface area contributed by atoms with Gasteiger partial charge in [-0.25, -0.2) is 12.7 Å². The lowest BCUT2D eigenvalue weighted by atomic mass is 9.86. The zero-order valence-electron chi connectivity index (χ0n) is 13.9. The van der Waals surface area contributed by atoms with E-state index in [2.05, 4.69) is 11.4 Å². The number of thiophene rings is 1. The van der Waals surface area contributed by atoms with Crippen molar-refractivity contribution in [2.45, 2.75) is 31.2 Å². The Morgan fingerprint density at radius 1 is 1.33 bits per heavy atom. The van der Waals surface area contributed by atoms with E-state index in [1.807, 2.05) is 11.4 Å². The van der Waals surface area contributed by atoms with Crippen LogP contribution in [0.5, 0.6) is 0 Å². The van der Waals surface area contributed by atoms with Gasteiger partial charge in [-0.1, -0.05) is 6.07 Å². The molecule has 1 aromatic rings. The average Bonchev–Trinajstić information content (AvgIpc) is 3.10. The molecule has 2 saturated heterocycles. The topological polar surface area (TPSA) is 75.7 Å². The molecule has 1 amide bonds. The predicted octanol–water partition coefficient (Wildman–Crippen LogP) is 1.54. The van der Waals surface area contributed by atoms with E-state index in [1.165, 1.54) is 15.4 Å². The number of ether oxygens (including phenoxy) is 1. The van der Waals surface area contributed by atoms with Crippen molar-refractivity contribution in [3.63, 3.8) is 0 Å². The second-order valence-electron chi connectivity index (χ2n) is 6.60. The van der Waals surface area contributed by atoms with Crippen molar-refractivity contribution in [3.05, 3.63) is 22.4 Å². The molecule has 3 rings (SSSR count). The zero-order valence-corrected chi connectivity index (χ0v) is 15.5. The molecule has 0 aliphatic carbocycles. The van der Waals surface area contributed by atoms with E-state index >= 15 is 0 Å². The zero-order chi connectivity index (χ0) is 17.2. The van der Waals surface area contributed by atoms with Crippen LogP contribution in [0.3, 0.4) is 0 Å². The minimum absolute atomic E-state index is 0.0402. The molecule has 0 saturated carbocycles. The number of nitrogens with zero attached hydrogens (tertiary/aromatic N) is 1. The summed E-state index contributed by atoms with van der Waals surface area (Å²) >= 11 is 1.66. The molecule has 134 valence electrons. The first kappa shape index (κ1) is 17.8. The average molecular weight is 373 g/mol. The summed E-state index contributed by atoms with van der Waals surface area (Å²) in [6.45, 7) is 2.13. The van der Waals surface area contributed by atoms with Gasteiger partial charge in [0.2, 0.25) is 15.9 Å². The highest BCUT2D eigenvalue weighted by atomic mass is 32.2. The van der Waals surface area contributed by atoms with Gasteiger partial charge in [-0.15, -0.1) is 11.3 Å². The molecule has 24 heavy (non-hydrogen) atoms. The quantitative estimate of drug-likeness (QED) is 0.870. The summed E-state index contributed by atoms with van der Waals surface area (Å²) < 4.78 is 30.1. The first-order valence-electron chi connectivity index (χ1n) is 8.30. The van der Waals surface area contributed by atoms with Crippen molar-refractivity contribution in [1.29, 1.82) is 0 Å². The molecule has 0 atom stereocenters. The van der Waals surface area contributed by atoms with Crippen LogP contribution in [0.1, 0.15) is 30.6 Å². The van der Waals surface area contributed by atoms with Gasteiger partial charge in [0, 0.05) is 37.1 Å². The van der Waals surface area contributed by atoms with Crippen LogP contribution in [0.4, 0.5) is 0 Å². The van der Waals surface area contributed by atoms with E-state index in [0.29, 0.717) is 39.1 Å². The van der Waals surface area contributed by atoms with Gasteiger partial charge < -0.3 is 10.1 Å². The van der Waals surface area contributed by atoms with Gasteiger partial charge in [0.25, 0.3) is 0 Å². The maximum atomic E-state index is 12.8. The number of hydrogen-bond acceptors (Lipinski definition) is 5. The van der Waals surface area contributed by atoms with Crippen LogP contribution in [-0.4, -0.2) is 51.2 Å². The van der Waals surface area contributed by atoms with Crippen LogP contribution >= 0.6 is 11.3 Å². The molecule has 2 aliphatic heterocycles. The lowest BCUT2D eigenvalue weighted by Gasteiger charge is -2.39. The van der Waals surface area contributed by atoms with Gasteiger partial charge in [-0.2, -0.15) is 0 Å². The molecule has 1 N–H and O–H groups in total. The number of amides is 1. The van der Waals surface area contributed by atoms with Crippen LogP contribution in [0.2, 0.25) is 0 Å². The summed E-state index contributed by atoms with van der Waals surface area (Å²) in [5, 5.41) is 5.31. The van der Waals surface area contributed by atoms with Gasteiger partial charge >= 0.3 is 0 Å². The fourth-order valence-electron chi connectivity index (χ4n) is 3.49. The smallest absolute Gasteiger partial charge is 0.223 e. The summed E-state index contributed by atoms with van der Waals surface area (Å²) in [5.41, 5.74) is -0.336. The number of nitrogens with one attached hydrogen (secondary N) is 1. The molecule has 0 radical (unpaired) electrons. The Morgan fingerprint density at radius 2 is 2.00 bits per heavy atom. The number of piperidine rings is 1. The van der Waals surface area contributed by atoms with E-state index in [0.717, 1.165) is 12.8 Å². The Labute approximate surface area is 147 Å². The normalized spacial score (nSPS) is 23.0. The Morgan fingerprint density at radius 3 is 2.54 bits per heavy atom. The second-order valence-corrected chi connectivity index (χ2v) is 9.53.